The van der Waals surface area contributed by atoms with Crippen LogP contribution in [0.3, 0.4) is 0 Å². The van der Waals surface area contributed by atoms with Crippen LogP contribution >= 0.6 is 11.3 Å². The molecule has 1 aromatic heterocycles. The highest BCUT2D eigenvalue weighted by Gasteiger charge is 2.06. The number of carbonyl (C=O) groups excluding carboxylic acids is 1. The zero-order valence-electron chi connectivity index (χ0n) is 16.3. The quantitative estimate of drug-likeness (QED) is 0.449. The van der Waals surface area contributed by atoms with Crippen molar-refractivity contribution in [1.82, 2.24) is 4.98 Å². The Labute approximate surface area is 174 Å². The Morgan fingerprint density at radius 1 is 1.00 bits per heavy atom. The number of benzene rings is 2. The van der Waals surface area contributed by atoms with Gasteiger partial charge >= 0.3 is 6.09 Å². The Bertz CT molecular complexity index is 899. The molecule has 3 rings (SSSR count). The number of aryl methyl sites for hydroxylation is 1. The van der Waals surface area contributed by atoms with Gasteiger partial charge in [-0.15, -0.1) is 11.3 Å². The number of thiazole rings is 1. The molecular weight excluding hydrogens is 388 g/mol. The van der Waals surface area contributed by atoms with E-state index in [0.29, 0.717) is 31.4 Å². The number of anilines is 1. The summed E-state index contributed by atoms with van der Waals surface area (Å²) in [4.78, 5) is 15.8. The van der Waals surface area contributed by atoms with Crippen molar-refractivity contribution in [3.63, 3.8) is 0 Å². The van der Waals surface area contributed by atoms with E-state index in [4.69, 9.17) is 14.2 Å². The van der Waals surface area contributed by atoms with Crippen molar-refractivity contribution in [1.29, 1.82) is 0 Å². The minimum atomic E-state index is -0.483. The summed E-state index contributed by atoms with van der Waals surface area (Å²) in [5, 5.41) is 5.03. The Kier molecular flexibility index (Phi) is 7.89. The first-order chi connectivity index (χ1) is 14.2. The van der Waals surface area contributed by atoms with Crippen LogP contribution in [0.2, 0.25) is 0 Å². The number of rotatable bonds is 10. The lowest BCUT2D eigenvalue weighted by Crippen LogP contribution is -2.14. The molecule has 7 heteroatoms. The zero-order chi connectivity index (χ0) is 20.3. The summed E-state index contributed by atoms with van der Waals surface area (Å²) in [5.74, 6) is 1.53. The standard InChI is InChI=1S/C22H24N2O4S/c1-17-16-29-21(23-17)24-22(25)27-13-6-5-12-26-19-10-7-11-20(14-19)28-15-18-8-3-2-4-9-18/h2-4,7-11,14,16H,5-6,12-13,15H2,1H3,(H,23,24,25). The van der Waals surface area contributed by atoms with Crippen LogP contribution in [0.1, 0.15) is 24.1 Å². The van der Waals surface area contributed by atoms with Crippen LogP contribution in [-0.4, -0.2) is 24.3 Å². The summed E-state index contributed by atoms with van der Waals surface area (Å²) in [5.41, 5.74) is 1.99. The van der Waals surface area contributed by atoms with Gasteiger partial charge in [0.15, 0.2) is 5.13 Å². The molecule has 0 bridgehead atoms. The maximum Gasteiger partial charge on any atom is 0.413 e. The molecule has 0 aliphatic carbocycles. The molecule has 1 amide bonds. The van der Waals surface area contributed by atoms with Gasteiger partial charge in [-0.3, -0.25) is 5.32 Å². The van der Waals surface area contributed by atoms with Crippen LogP contribution in [0.25, 0.3) is 0 Å². The number of carbonyl (C=O) groups is 1. The SMILES string of the molecule is Cc1csc(NC(=O)OCCCCOc2cccc(OCc3ccccc3)c2)n1. The summed E-state index contributed by atoms with van der Waals surface area (Å²) in [6.07, 6.45) is 1.01. The van der Waals surface area contributed by atoms with Crippen LogP contribution in [0.4, 0.5) is 9.93 Å². The van der Waals surface area contributed by atoms with Gasteiger partial charge in [-0.05, 0) is 37.5 Å². The van der Waals surface area contributed by atoms with Gasteiger partial charge in [0, 0.05) is 11.4 Å². The van der Waals surface area contributed by atoms with E-state index in [1.54, 1.807) is 0 Å². The van der Waals surface area contributed by atoms with Crippen LogP contribution in [0, 0.1) is 6.92 Å². The highest BCUT2D eigenvalue weighted by molar-refractivity contribution is 7.13. The monoisotopic (exact) mass is 412 g/mol. The summed E-state index contributed by atoms with van der Waals surface area (Å²) >= 11 is 1.37. The van der Waals surface area contributed by atoms with Crippen molar-refractivity contribution < 1.29 is 19.0 Å². The Balaban J connectivity index is 1.29. The van der Waals surface area contributed by atoms with Crippen molar-refractivity contribution in [2.45, 2.75) is 26.4 Å². The number of unbranched alkanes of at least 4 members (excludes halogenated alkanes) is 1. The first-order valence-corrected chi connectivity index (χ1v) is 10.3. The Hall–Kier alpha value is -3.06. The third-order valence-corrected chi connectivity index (χ3v) is 4.80. The molecular formula is C22H24N2O4S. The van der Waals surface area contributed by atoms with Crippen molar-refractivity contribution in [2.75, 3.05) is 18.5 Å². The van der Waals surface area contributed by atoms with Crippen molar-refractivity contribution in [3.8, 4) is 11.5 Å². The minimum Gasteiger partial charge on any atom is -0.493 e. The van der Waals surface area contributed by atoms with Gasteiger partial charge in [0.2, 0.25) is 0 Å². The van der Waals surface area contributed by atoms with E-state index in [1.165, 1.54) is 11.3 Å². The lowest BCUT2D eigenvalue weighted by Gasteiger charge is -2.10. The van der Waals surface area contributed by atoms with Gasteiger partial charge in [-0.25, -0.2) is 9.78 Å². The van der Waals surface area contributed by atoms with Gasteiger partial charge in [-0.1, -0.05) is 36.4 Å². The third-order valence-electron chi connectivity index (χ3n) is 3.92. The second-order valence-electron chi connectivity index (χ2n) is 6.36. The minimum absolute atomic E-state index is 0.333. The molecule has 0 atom stereocenters. The van der Waals surface area contributed by atoms with E-state index in [1.807, 2.05) is 66.9 Å². The number of aromatic nitrogens is 1. The fourth-order valence-corrected chi connectivity index (χ4v) is 3.16. The fraction of sp³-hybridized carbons (Fsp3) is 0.273. The molecule has 2 aromatic carbocycles. The normalized spacial score (nSPS) is 10.4. The van der Waals surface area contributed by atoms with Gasteiger partial charge in [0.1, 0.15) is 18.1 Å². The topological polar surface area (TPSA) is 69.7 Å². The predicted octanol–water partition coefficient (Wildman–Crippen LogP) is 5.44. The van der Waals surface area contributed by atoms with E-state index in [2.05, 4.69) is 10.3 Å². The summed E-state index contributed by atoms with van der Waals surface area (Å²) in [6.45, 7) is 3.26. The molecule has 0 aliphatic rings. The van der Waals surface area contributed by atoms with E-state index >= 15 is 0 Å². The molecule has 29 heavy (non-hydrogen) atoms. The highest BCUT2D eigenvalue weighted by atomic mass is 32.1. The number of nitrogens with zero attached hydrogens (tertiary/aromatic N) is 1. The molecule has 0 saturated carbocycles. The van der Waals surface area contributed by atoms with Crippen LogP contribution in [0.15, 0.2) is 60.0 Å². The lowest BCUT2D eigenvalue weighted by atomic mass is 10.2. The molecule has 1 N–H and O–H groups in total. The number of hydrogen-bond acceptors (Lipinski definition) is 6. The first kappa shape index (κ1) is 20.7. The van der Waals surface area contributed by atoms with E-state index in [9.17, 15) is 4.79 Å². The van der Waals surface area contributed by atoms with Gasteiger partial charge in [-0.2, -0.15) is 0 Å². The van der Waals surface area contributed by atoms with E-state index in [0.717, 1.165) is 29.2 Å². The number of hydrogen-bond donors (Lipinski definition) is 1. The van der Waals surface area contributed by atoms with Crippen molar-refractivity contribution >= 4 is 22.6 Å². The molecule has 0 radical (unpaired) electrons. The molecule has 0 aliphatic heterocycles. The van der Waals surface area contributed by atoms with Crippen molar-refractivity contribution in [2.24, 2.45) is 0 Å². The fourth-order valence-electron chi connectivity index (χ4n) is 2.49. The van der Waals surface area contributed by atoms with Gasteiger partial charge < -0.3 is 14.2 Å². The molecule has 0 unspecified atom stereocenters. The largest absolute Gasteiger partial charge is 0.493 e. The smallest absolute Gasteiger partial charge is 0.413 e. The molecule has 1 heterocycles. The molecule has 0 fully saturated rings. The number of ether oxygens (including phenoxy) is 3. The maximum atomic E-state index is 11.7. The number of amides is 1. The summed E-state index contributed by atoms with van der Waals surface area (Å²) < 4.78 is 16.7. The van der Waals surface area contributed by atoms with Crippen LogP contribution < -0.4 is 14.8 Å². The summed E-state index contributed by atoms with van der Waals surface area (Å²) in [6, 6.07) is 17.6. The van der Waals surface area contributed by atoms with Gasteiger partial charge in [0.05, 0.1) is 18.9 Å². The molecule has 3 aromatic rings. The summed E-state index contributed by atoms with van der Waals surface area (Å²) in [7, 11) is 0. The van der Waals surface area contributed by atoms with Crippen LogP contribution in [-0.2, 0) is 11.3 Å². The Morgan fingerprint density at radius 3 is 2.52 bits per heavy atom. The zero-order valence-corrected chi connectivity index (χ0v) is 17.1. The highest BCUT2D eigenvalue weighted by Crippen LogP contribution is 2.21. The molecule has 6 nitrogen and oxygen atoms in total. The second-order valence-corrected chi connectivity index (χ2v) is 7.22. The average Bonchev–Trinajstić information content (AvgIpc) is 3.14. The second kappa shape index (κ2) is 11.1. The third kappa shape index (κ3) is 7.46. The molecule has 0 saturated heterocycles. The van der Waals surface area contributed by atoms with E-state index < -0.39 is 6.09 Å². The molecule has 152 valence electrons. The average molecular weight is 413 g/mol. The van der Waals surface area contributed by atoms with Crippen molar-refractivity contribution in [3.05, 3.63) is 71.2 Å². The Morgan fingerprint density at radius 2 is 1.76 bits per heavy atom. The van der Waals surface area contributed by atoms with E-state index in [-0.39, 0.29) is 0 Å². The maximum absolute atomic E-state index is 11.7. The first-order valence-electron chi connectivity index (χ1n) is 9.44. The number of nitrogens with one attached hydrogen (secondary N) is 1. The predicted molar refractivity (Wildman–Crippen MR) is 114 cm³/mol. The van der Waals surface area contributed by atoms with Crippen LogP contribution in [0.5, 0.6) is 11.5 Å². The molecule has 0 spiro atoms. The van der Waals surface area contributed by atoms with Gasteiger partial charge in [0.25, 0.3) is 0 Å². The lowest BCUT2D eigenvalue weighted by molar-refractivity contribution is 0.156.